The SMILES string of the molecule is Brc1cc(N(c2ccccc2)c2ccc3c(ccc4ccccc43)c2)cc2c1sc1ccccc12. The third-order valence-corrected chi connectivity index (χ3v) is 8.78. The predicted molar refractivity (Wildman–Crippen MR) is 157 cm³/mol. The van der Waals surface area contributed by atoms with E-state index in [4.69, 9.17) is 0 Å². The second-order valence-electron chi connectivity index (χ2n) is 8.77. The lowest BCUT2D eigenvalue weighted by Gasteiger charge is -2.26. The molecule has 1 nitrogen and oxygen atoms in total. The van der Waals surface area contributed by atoms with Crippen molar-refractivity contribution < 1.29 is 0 Å². The molecule has 0 aliphatic rings. The van der Waals surface area contributed by atoms with E-state index in [9.17, 15) is 0 Å². The van der Waals surface area contributed by atoms with Crippen LogP contribution in [-0.4, -0.2) is 0 Å². The molecule has 0 N–H and O–H groups in total. The van der Waals surface area contributed by atoms with Gasteiger partial charge in [-0.1, -0.05) is 78.9 Å². The van der Waals surface area contributed by atoms with Crippen LogP contribution in [0.25, 0.3) is 41.7 Å². The number of para-hydroxylation sites is 1. The molecule has 7 rings (SSSR count). The van der Waals surface area contributed by atoms with Crippen LogP contribution in [0.3, 0.4) is 0 Å². The molecule has 166 valence electrons. The Morgan fingerprint density at radius 2 is 1.20 bits per heavy atom. The molecule has 3 heteroatoms. The van der Waals surface area contributed by atoms with Crippen LogP contribution in [0.15, 0.2) is 126 Å². The van der Waals surface area contributed by atoms with E-state index in [0.717, 1.165) is 21.5 Å². The highest BCUT2D eigenvalue weighted by atomic mass is 79.9. The zero-order chi connectivity index (χ0) is 23.4. The number of benzene rings is 6. The molecule has 0 unspecified atom stereocenters. The summed E-state index contributed by atoms with van der Waals surface area (Å²) in [4.78, 5) is 2.35. The molecule has 0 spiro atoms. The first-order chi connectivity index (χ1) is 17.3. The minimum Gasteiger partial charge on any atom is -0.310 e. The highest BCUT2D eigenvalue weighted by Gasteiger charge is 2.17. The van der Waals surface area contributed by atoms with Gasteiger partial charge < -0.3 is 4.90 Å². The molecular weight excluding hydrogens is 510 g/mol. The van der Waals surface area contributed by atoms with Gasteiger partial charge in [-0.15, -0.1) is 11.3 Å². The minimum absolute atomic E-state index is 1.12. The number of hydrogen-bond donors (Lipinski definition) is 0. The van der Waals surface area contributed by atoms with Gasteiger partial charge in [0.15, 0.2) is 0 Å². The lowest BCUT2D eigenvalue weighted by molar-refractivity contribution is 1.29. The second-order valence-corrected chi connectivity index (χ2v) is 10.7. The Morgan fingerprint density at radius 3 is 2.09 bits per heavy atom. The first kappa shape index (κ1) is 20.7. The molecule has 0 fully saturated rings. The molecule has 0 aliphatic carbocycles. The molecule has 0 radical (unpaired) electrons. The molecule has 0 aliphatic heterocycles. The molecule has 0 amide bonds. The van der Waals surface area contributed by atoms with Crippen molar-refractivity contribution in [2.24, 2.45) is 0 Å². The maximum atomic E-state index is 3.89. The van der Waals surface area contributed by atoms with Crippen LogP contribution in [0.4, 0.5) is 17.1 Å². The van der Waals surface area contributed by atoms with E-state index in [1.54, 1.807) is 0 Å². The average Bonchev–Trinajstić information content (AvgIpc) is 3.29. The zero-order valence-corrected chi connectivity index (χ0v) is 21.2. The van der Waals surface area contributed by atoms with E-state index in [0.29, 0.717) is 0 Å². The third kappa shape index (κ3) is 3.43. The standard InChI is InChI=1S/C32H20BrNS/c33-30-20-25(19-29-28-12-6-7-13-31(28)35-32(29)30)34(23-9-2-1-3-10-23)24-16-17-27-22(18-24)15-14-21-8-4-5-11-26(21)27/h1-20H. The fourth-order valence-corrected chi connectivity index (χ4v) is 6.84. The van der Waals surface area contributed by atoms with Crippen molar-refractivity contribution in [3.63, 3.8) is 0 Å². The molecule has 0 saturated carbocycles. The molecule has 0 bridgehead atoms. The Morgan fingerprint density at radius 1 is 0.486 bits per heavy atom. The van der Waals surface area contributed by atoms with Gasteiger partial charge in [-0.3, -0.25) is 0 Å². The first-order valence-electron chi connectivity index (χ1n) is 11.6. The normalized spacial score (nSPS) is 11.6. The molecule has 0 saturated heterocycles. The molecular formula is C32H20BrNS. The van der Waals surface area contributed by atoms with Gasteiger partial charge in [0, 0.05) is 41.7 Å². The molecule has 0 atom stereocenters. The smallest absolute Gasteiger partial charge is 0.0499 e. The summed E-state index contributed by atoms with van der Waals surface area (Å²) >= 11 is 5.73. The predicted octanol–water partition coefficient (Wildman–Crippen LogP) is 10.6. The van der Waals surface area contributed by atoms with Crippen LogP contribution in [0, 0.1) is 0 Å². The van der Waals surface area contributed by atoms with E-state index in [2.05, 4.69) is 142 Å². The van der Waals surface area contributed by atoms with Gasteiger partial charge in [-0.2, -0.15) is 0 Å². The van der Waals surface area contributed by atoms with Crippen molar-refractivity contribution >= 4 is 86.0 Å². The van der Waals surface area contributed by atoms with Crippen LogP contribution >= 0.6 is 27.3 Å². The van der Waals surface area contributed by atoms with E-state index in [1.807, 2.05) is 11.3 Å². The van der Waals surface area contributed by atoms with Gasteiger partial charge >= 0.3 is 0 Å². The Hall–Kier alpha value is -3.66. The van der Waals surface area contributed by atoms with Crippen molar-refractivity contribution in [3.05, 3.63) is 126 Å². The molecule has 6 aromatic carbocycles. The van der Waals surface area contributed by atoms with Gasteiger partial charge in [0.1, 0.15) is 0 Å². The van der Waals surface area contributed by atoms with Crippen molar-refractivity contribution in [1.82, 2.24) is 0 Å². The number of rotatable bonds is 3. The maximum absolute atomic E-state index is 3.89. The molecule has 1 heterocycles. The number of hydrogen-bond acceptors (Lipinski definition) is 2. The van der Waals surface area contributed by atoms with Crippen LogP contribution in [0.2, 0.25) is 0 Å². The number of thiophene rings is 1. The van der Waals surface area contributed by atoms with Gasteiger partial charge in [0.25, 0.3) is 0 Å². The summed E-state index contributed by atoms with van der Waals surface area (Å²) in [6.45, 7) is 0. The van der Waals surface area contributed by atoms with Gasteiger partial charge in [0.05, 0.1) is 0 Å². The Kier molecular flexibility index (Phi) is 4.86. The van der Waals surface area contributed by atoms with Gasteiger partial charge in [0.2, 0.25) is 0 Å². The summed E-state index contributed by atoms with van der Waals surface area (Å²) in [7, 11) is 0. The monoisotopic (exact) mass is 529 g/mol. The van der Waals surface area contributed by atoms with Crippen LogP contribution in [0.5, 0.6) is 0 Å². The largest absolute Gasteiger partial charge is 0.310 e. The van der Waals surface area contributed by atoms with Crippen molar-refractivity contribution in [3.8, 4) is 0 Å². The van der Waals surface area contributed by atoms with Gasteiger partial charge in [-0.25, -0.2) is 0 Å². The van der Waals surface area contributed by atoms with Crippen LogP contribution in [-0.2, 0) is 0 Å². The average molecular weight is 530 g/mol. The van der Waals surface area contributed by atoms with E-state index in [1.165, 1.54) is 41.7 Å². The summed E-state index contributed by atoms with van der Waals surface area (Å²) in [5.41, 5.74) is 3.42. The maximum Gasteiger partial charge on any atom is 0.0499 e. The van der Waals surface area contributed by atoms with Crippen molar-refractivity contribution in [2.75, 3.05) is 4.90 Å². The Balaban J connectivity index is 1.48. The molecule has 7 aromatic rings. The topological polar surface area (TPSA) is 3.24 Å². The summed E-state index contributed by atoms with van der Waals surface area (Å²) < 4.78 is 3.72. The number of nitrogens with zero attached hydrogens (tertiary/aromatic N) is 1. The fraction of sp³-hybridized carbons (Fsp3) is 0. The third-order valence-electron chi connectivity index (χ3n) is 6.68. The zero-order valence-electron chi connectivity index (χ0n) is 18.8. The highest BCUT2D eigenvalue weighted by Crippen LogP contribution is 2.44. The number of fused-ring (bicyclic) bond motifs is 6. The van der Waals surface area contributed by atoms with E-state index < -0.39 is 0 Å². The van der Waals surface area contributed by atoms with E-state index >= 15 is 0 Å². The molecule has 35 heavy (non-hydrogen) atoms. The lowest BCUT2D eigenvalue weighted by Crippen LogP contribution is -2.09. The summed E-state index contributed by atoms with van der Waals surface area (Å²) in [6, 6.07) is 43.7. The first-order valence-corrected chi connectivity index (χ1v) is 13.2. The lowest BCUT2D eigenvalue weighted by atomic mass is 10.0. The fourth-order valence-electron chi connectivity index (χ4n) is 5.06. The van der Waals surface area contributed by atoms with Crippen molar-refractivity contribution in [2.45, 2.75) is 0 Å². The van der Waals surface area contributed by atoms with Crippen LogP contribution in [0.1, 0.15) is 0 Å². The quantitative estimate of drug-likeness (QED) is 0.205. The summed E-state index contributed by atoms with van der Waals surface area (Å²) in [5.74, 6) is 0. The number of anilines is 3. The van der Waals surface area contributed by atoms with Gasteiger partial charge in [-0.05, 0) is 79.9 Å². The second kappa shape index (κ2) is 8.23. The highest BCUT2D eigenvalue weighted by molar-refractivity contribution is 9.10. The number of halogens is 1. The summed E-state index contributed by atoms with van der Waals surface area (Å²) in [5, 5.41) is 7.66. The minimum atomic E-state index is 1.12. The van der Waals surface area contributed by atoms with Crippen molar-refractivity contribution in [1.29, 1.82) is 0 Å². The van der Waals surface area contributed by atoms with E-state index in [-0.39, 0.29) is 0 Å². The Bertz CT molecular complexity index is 1870. The van der Waals surface area contributed by atoms with Crippen LogP contribution < -0.4 is 4.90 Å². The summed E-state index contributed by atoms with van der Waals surface area (Å²) in [6.07, 6.45) is 0. The Labute approximate surface area is 216 Å². The molecule has 1 aromatic heterocycles.